The molecule has 0 bridgehead atoms. The summed E-state index contributed by atoms with van der Waals surface area (Å²) in [6, 6.07) is 3.82. The molecule has 0 amide bonds. The van der Waals surface area contributed by atoms with Crippen molar-refractivity contribution in [1.82, 2.24) is 4.68 Å². The van der Waals surface area contributed by atoms with Crippen LogP contribution in [0.4, 0.5) is 0 Å². The lowest BCUT2D eigenvalue weighted by atomic mass is 10.5. The van der Waals surface area contributed by atoms with E-state index in [0.717, 1.165) is 13.0 Å². The lowest BCUT2D eigenvalue weighted by Gasteiger charge is -2.22. The van der Waals surface area contributed by atoms with Crippen LogP contribution in [0.15, 0.2) is 24.5 Å². The molecule has 0 saturated heterocycles. The smallest absolute Gasteiger partial charge is 0.207 e. The van der Waals surface area contributed by atoms with Crippen molar-refractivity contribution in [3.05, 3.63) is 24.5 Å². The van der Waals surface area contributed by atoms with Gasteiger partial charge in [-0.3, -0.25) is 15.1 Å². The third kappa shape index (κ3) is 1.78. The maximum atomic E-state index is 7.31. The SMILES string of the molecule is CCCN(C(=N)N)n1cccc1. The molecule has 4 nitrogen and oxygen atoms in total. The van der Waals surface area contributed by atoms with Crippen LogP contribution in [0.1, 0.15) is 13.3 Å². The average molecular weight is 166 g/mol. The van der Waals surface area contributed by atoms with Crippen LogP contribution >= 0.6 is 0 Å². The van der Waals surface area contributed by atoms with Crippen LogP contribution in [0, 0.1) is 5.41 Å². The van der Waals surface area contributed by atoms with Gasteiger partial charge in [0.1, 0.15) is 0 Å². The van der Waals surface area contributed by atoms with Gasteiger partial charge in [0.15, 0.2) is 0 Å². The minimum absolute atomic E-state index is 0.0769. The van der Waals surface area contributed by atoms with Crippen LogP contribution in [0.25, 0.3) is 0 Å². The first-order chi connectivity index (χ1) is 5.75. The maximum Gasteiger partial charge on any atom is 0.207 e. The van der Waals surface area contributed by atoms with Gasteiger partial charge in [-0.05, 0) is 18.6 Å². The number of guanidine groups is 1. The van der Waals surface area contributed by atoms with Crippen molar-refractivity contribution in [3.63, 3.8) is 0 Å². The van der Waals surface area contributed by atoms with E-state index in [2.05, 4.69) is 6.92 Å². The quantitative estimate of drug-likeness (QED) is 0.513. The molecule has 1 rings (SSSR count). The molecule has 12 heavy (non-hydrogen) atoms. The molecule has 1 aromatic rings. The van der Waals surface area contributed by atoms with Gasteiger partial charge in [-0.1, -0.05) is 6.92 Å². The Morgan fingerprint density at radius 3 is 2.50 bits per heavy atom. The van der Waals surface area contributed by atoms with Crippen molar-refractivity contribution in [2.75, 3.05) is 11.6 Å². The summed E-state index contributed by atoms with van der Waals surface area (Å²) in [6.45, 7) is 2.82. The van der Waals surface area contributed by atoms with Gasteiger partial charge in [-0.15, -0.1) is 0 Å². The zero-order chi connectivity index (χ0) is 8.97. The van der Waals surface area contributed by atoms with E-state index in [4.69, 9.17) is 11.1 Å². The van der Waals surface area contributed by atoms with Gasteiger partial charge in [-0.25, -0.2) is 0 Å². The predicted molar refractivity (Wildman–Crippen MR) is 49.7 cm³/mol. The lowest BCUT2D eigenvalue weighted by molar-refractivity contribution is 0.691. The van der Waals surface area contributed by atoms with Gasteiger partial charge in [0.25, 0.3) is 0 Å². The first-order valence-electron chi connectivity index (χ1n) is 4.00. The predicted octanol–water partition coefficient (Wildman–Crippen LogP) is 0.730. The van der Waals surface area contributed by atoms with Gasteiger partial charge < -0.3 is 5.73 Å². The van der Waals surface area contributed by atoms with Crippen molar-refractivity contribution in [2.24, 2.45) is 5.73 Å². The summed E-state index contributed by atoms with van der Waals surface area (Å²) in [5.74, 6) is 0.0769. The molecule has 0 aromatic carbocycles. The van der Waals surface area contributed by atoms with Crippen LogP contribution < -0.4 is 10.7 Å². The Labute approximate surface area is 72.1 Å². The molecule has 0 spiro atoms. The van der Waals surface area contributed by atoms with Gasteiger partial charge in [0, 0.05) is 18.9 Å². The second-order valence-corrected chi connectivity index (χ2v) is 2.57. The molecule has 4 heteroatoms. The normalized spacial score (nSPS) is 9.75. The van der Waals surface area contributed by atoms with Crippen molar-refractivity contribution in [1.29, 1.82) is 5.41 Å². The molecular weight excluding hydrogens is 152 g/mol. The molecule has 1 heterocycles. The Kier molecular flexibility index (Phi) is 2.74. The van der Waals surface area contributed by atoms with E-state index in [1.165, 1.54) is 0 Å². The minimum Gasteiger partial charge on any atom is -0.369 e. The van der Waals surface area contributed by atoms with E-state index in [0.29, 0.717) is 0 Å². The number of hydrogen-bond acceptors (Lipinski definition) is 1. The summed E-state index contributed by atoms with van der Waals surface area (Å²) in [7, 11) is 0. The van der Waals surface area contributed by atoms with Crippen LogP contribution in [0.2, 0.25) is 0 Å². The highest BCUT2D eigenvalue weighted by molar-refractivity contribution is 5.84. The Bertz CT molecular complexity index is 240. The van der Waals surface area contributed by atoms with E-state index >= 15 is 0 Å². The molecule has 0 atom stereocenters. The van der Waals surface area contributed by atoms with E-state index < -0.39 is 0 Å². The third-order valence-corrected chi connectivity index (χ3v) is 1.58. The second-order valence-electron chi connectivity index (χ2n) is 2.57. The number of rotatable bonds is 3. The van der Waals surface area contributed by atoms with Crippen molar-refractivity contribution in [3.8, 4) is 0 Å². The zero-order valence-electron chi connectivity index (χ0n) is 7.20. The summed E-state index contributed by atoms with van der Waals surface area (Å²) < 4.78 is 1.81. The molecule has 0 saturated carbocycles. The van der Waals surface area contributed by atoms with Crippen LogP contribution in [-0.2, 0) is 0 Å². The lowest BCUT2D eigenvalue weighted by Crippen LogP contribution is -2.44. The molecule has 1 aromatic heterocycles. The minimum atomic E-state index is 0.0769. The van der Waals surface area contributed by atoms with Crippen molar-refractivity contribution >= 4 is 5.96 Å². The van der Waals surface area contributed by atoms with Gasteiger partial charge in [0.2, 0.25) is 5.96 Å². The van der Waals surface area contributed by atoms with Crippen LogP contribution in [0.3, 0.4) is 0 Å². The topological polar surface area (TPSA) is 58.0 Å². The Morgan fingerprint density at radius 2 is 2.08 bits per heavy atom. The van der Waals surface area contributed by atoms with Crippen LogP contribution in [0.5, 0.6) is 0 Å². The first kappa shape index (κ1) is 8.64. The highest BCUT2D eigenvalue weighted by atomic mass is 15.6. The summed E-state index contributed by atoms with van der Waals surface area (Å²) in [5.41, 5.74) is 5.40. The van der Waals surface area contributed by atoms with Crippen molar-refractivity contribution < 1.29 is 0 Å². The molecule has 66 valence electrons. The molecule has 0 aliphatic heterocycles. The molecule has 0 radical (unpaired) electrons. The number of hydrogen-bond donors (Lipinski definition) is 2. The Hall–Kier alpha value is -1.45. The third-order valence-electron chi connectivity index (χ3n) is 1.58. The molecule has 0 aliphatic carbocycles. The number of nitrogens with zero attached hydrogens (tertiary/aromatic N) is 2. The largest absolute Gasteiger partial charge is 0.369 e. The second kappa shape index (κ2) is 3.80. The Morgan fingerprint density at radius 1 is 1.50 bits per heavy atom. The van der Waals surface area contributed by atoms with E-state index in [1.54, 1.807) is 5.01 Å². The van der Waals surface area contributed by atoms with Crippen molar-refractivity contribution in [2.45, 2.75) is 13.3 Å². The molecule has 0 aliphatic rings. The molecule has 3 N–H and O–H groups in total. The molecule has 0 unspecified atom stereocenters. The fourth-order valence-corrected chi connectivity index (χ4v) is 1.06. The number of nitrogens with one attached hydrogen (secondary N) is 1. The van der Waals surface area contributed by atoms with Gasteiger partial charge in [-0.2, -0.15) is 0 Å². The fourth-order valence-electron chi connectivity index (χ4n) is 1.06. The van der Waals surface area contributed by atoms with E-state index in [1.807, 2.05) is 29.2 Å². The van der Waals surface area contributed by atoms with E-state index in [-0.39, 0.29) is 5.96 Å². The average Bonchev–Trinajstić information content (AvgIpc) is 2.51. The zero-order valence-corrected chi connectivity index (χ0v) is 7.20. The summed E-state index contributed by atoms with van der Waals surface area (Å²) >= 11 is 0. The molecule has 0 fully saturated rings. The number of nitrogens with two attached hydrogens (primary N) is 1. The summed E-state index contributed by atoms with van der Waals surface area (Å²) in [6.07, 6.45) is 4.71. The first-order valence-corrected chi connectivity index (χ1v) is 4.00. The highest BCUT2D eigenvalue weighted by Gasteiger charge is 2.04. The maximum absolute atomic E-state index is 7.31. The van der Waals surface area contributed by atoms with Gasteiger partial charge >= 0.3 is 0 Å². The summed E-state index contributed by atoms with van der Waals surface area (Å²) in [5, 5.41) is 9.02. The standard InChI is InChI=1S/C8H14N4/c1-2-5-12(8(9)10)11-6-3-4-7-11/h3-4,6-7H,2,5H2,1H3,(H3,9,10). The number of aromatic nitrogens is 1. The monoisotopic (exact) mass is 166 g/mol. The Balaban J connectivity index is 2.73. The van der Waals surface area contributed by atoms with Gasteiger partial charge in [0.05, 0.1) is 0 Å². The fraction of sp³-hybridized carbons (Fsp3) is 0.375. The summed E-state index contributed by atoms with van der Waals surface area (Å²) in [4.78, 5) is 0. The van der Waals surface area contributed by atoms with Crippen LogP contribution in [-0.4, -0.2) is 17.2 Å². The van der Waals surface area contributed by atoms with E-state index in [9.17, 15) is 0 Å². The molecular formula is C8H14N4. The highest BCUT2D eigenvalue weighted by Crippen LogP contribution is 1.94.